The van der Waals surface area contributed by atoms with E-state index in [-0.39, 0.29) is 12.1 Å². The normalized spacial score (nSPS) is 15.5. The predicted octanol–water partition coefficient (Wildman–Crippen LogP) is 2.08. The number of nitrogens with one attached hydrogen (secondary N) is 3. The Morgan fingerprint density at radius 1 is 1.36 bits per heavy atom. The molecule has 0 aliphatic carbocycles. The minimum absolute atomic E-state index is 0.174. The smallest absolute Gasteiger partial charge is 0.319 e. The number of ether oxygens (including phenoxy) is 1. The van der Waals surface area contributed by atoms with Gasteiger partial charge >= 0.3 is 6.03 Å². The molecule has 1 aromatic carbocycles. The van der Waals surface area contributed by atoms with Crippen LogP contribution in [0, 0.1) is 6.92 Å². The van der Waals surface area contributed by atoms with E-state index in [0.29, 0.717) is 24.7 Å². The van der Waals surface area contributed by atoms with E-state index >= 15 is 0 Å². The molecule has 2 aromatic rings. The lowest BCUT2D eigenvalue weighted by molar-refractivity contribution is 0.0806. The number of H-pyrrole nitrogens is 1. The van der Waals surface area contributed by atoms with Gasteiger partial charge in [-0.05, 0) is 31.9 Å². The number of hydrogen-bond donors (Lipinski definition) is 3. The number of anilines is 1. The van der Waals surface area contributed by atoms with E-state index in [1.165, 1.54) is 0 Å². The summed E-state index contributed by atoms with van der Waals surface area (Å²) in [5.74, 6) is 1.37. The third kappa shape index (κ3) is 3.62. The van der Waals surface area contributed by atoms with E-state index in [2.05, 4.69) is 25.8 Å². The Hall–Kier alpha value is -2.41. The summed E-state index contributed by atoms with van der Waals surface area (Å²) in [7, 11) is 0. The molecular formula is C15H19N5O2. The van der Waals surface area contributed by atoms with Crippen molar-refractivity contribution in [2.24, 2.45) is 0 Å². The summed E-state index contributed by atoms with van der Waals surface area (Å²) in [6.45, 7) is 3.25. The second-order valence-corrected chi connectivity index (χ2v) is 5.31. The molecule has 3 N–H and O–H groups in total. The molecule has 1 saturated heterocycles. The van der Waals surface area contributed by atoms with E-state index in [1.54, 1.807) is 0 Å². The van der Waals surface area contributed by atoms with Crippen LogP contribution in [-0.2, 0) is 4.74 Å². The van der Waals surface area contributed by atoms with Crippen LogP contribution < -0.4 is 10.6 Å². The first-order chi connectivity index (χ1) is 10.7. The van der Waals surface area contributed by atoms with Crippen molar-refractivity contribution in [1.82, 2.24) is 20.5 Å². The number of carbonyl (C=O) groups is 1. The van der Waals surface area contributed by atoms with Crippen molar-refractivity contribution in [3.63, 3.8) is 0 Å². The number of aromatic nitrogens is 3. The van der Waals surface area contributed by atoms with Gasteiger partial charge in [0.1, 0.15) is 5.82 Å². The van der Waals surface area contributed by atoms with Gasteiger partial charge in [-0.2, -0.15) is 5.10 Å². The number of amides is 2. The molecule has 1 aliphatic heterocycles. The second kappa shape index (κ2) is 6.57. The summed E-state index contributed by atoms with van der Waals surface area (Å²) in [5, 5.41) is 12.7. The monoisotopic (exact) mass is 301 g/mol. The van der Waals surface area contributed by atoms with Crippen LogP contribution in [-0.4, -0.2) is 40.5 Å². The number of aryl methyl sites for hydroxylation is 1. The van der Waals surface area contributed by atoms with Gasteiger partial charge in [-0.3, -0.25) is 5.10 Å². The minimum atomic E-state index is -0.199. The Balaban J connectivity index is 1.63. The molecule has 2 heterocycles. The van der Waals surface area contributed by atoms with Crippen LogP contribution in [0.5, 0.6) is 0 Å². The Kier molecular flexibility index (Phi) is 4.34. The molecule has 0 atom stereocenters. The molecule has 1 aliphatic rings. The minimum Gasteiger partial charge on any atom is -0.381 e. The number of urea groups is 1. The summed E-state index contributed by atoms with van der Waals surface area (Å²) >= 11 is 0. The number of carbonyl (C=O) groups excluding carboxylic acids is 1. The number of hydrogen-bond acceptors (Lipinski definition) is 4. The quantitative estimate of drug-likeness (QED) is 0.809. The van der Waals surface area contributed by atoms with Crippen LogP contribution in [0.25, 0.3) is 11.4 Å². The Labute approximate surface area is 128 Å². The van der Waals surface area contributed by atoms with Crippen molar-refractivity contribution in [2.75, 3.05) is 18.5 Å². The van der Waals surface area contributed by atoms with Crippen molar-refractivity contribution in [2.45, 2.75) is 25.8 Å². The summed E-state index contributed by atoms with van der Waals surface area (Å²) in [6, 6.07) is 7.44. The summed E-state index contributed by atoms with van der Waals surface area (Å²) in [6.07, 6.45) is 1.70. The highest BCUT2D eigenvalue weighted by molar-refractivity contribution is 5.90. The average Bonchev–Trinajstić information content (AvgIpc) is 2.95. The molecule has 0 spiro atoms. The zero-order valence-corrected chi connectivity index (χ0v) is 12.4. The van der Waals surface area contributed by atoms with Crippen LogP contribution in [0.1, 0.15) is 18.7 Å². The summed E-state index contributed by atoms with van der Waals surface area (Å²) < 4.78 is 5.28. The standard InChI is InChI=1S/C15H19N5O2/c1-10-16-14(20-19-10)11-3-2-4-13(9-11)18-15(21)17-12-5-7-22-8-6-12/h2-4,9,12H,5-8H2,1H3,(H,16,19,20)(H2,17,18,21). The van der Waals surface area contributed by atoms with Gasteiger partial charge in [0.05, 0.1) is 0 Å². The van der Waals surface area contributed by atoms with Gasteiger partial charge in [-0.25, -0.2) is 9.78 Å². The number of nitrogens with zero attached hydrogens (tertiary/aromatic N) is 2. The van der Waals surface area contributed by atoms with Crippen molar-refractivity contribution >= 4 is 11.7 Å². The summed E-state index contributed by atoms with van der Waals surface area (Å²) in [4.78, 5) is 16.3. The van der Waals surface area contributed by atoms with Gasteiger partial charge in [-0.1, -0.05) is 12.1 Å². The van der Waals surface area contributed by atoms with Crippen LogP contribution in [0.4, 0.5) is 10.5 Å². The maximum Gasteiger partial charge on any atom is 0.319 e. The third-order valence-electron chi connectivity index (χ3n) is 3.53. The number of rotatable bonds is 3. The molecule has 0 bridgehead atoms. The van der Waals surface area contributed by atoms with Crippen molar-refractivity contribution in [3.05, 3.63) is 30.1 Å². The lowest BCUT2D eigenvalue weighted by Gasteiger charge is -2.23. The molecule has 0 radical (unpaired) electrons. The average molecular weight is 301 g/mol. The van der Waals surface area contributed by atoms with Gasteiger partial charge in [-0.15, -0.1) is 0 Å². The van der Waals surface area contributed by atoms with E-state index in [1.807, 2.05) is 31.2 Å². The predicted molar refractivity (Wildman–Crippen MR) is 82.6 cm³/mol. The molecule has 2 amide bonds. The molecule has 0 unspecified atom stereocenters. The van der Waals surface area contributed by atoms with Gasteiger partial charge in [0.15, 0.2) is 5.82 Å². The molecule has 7 heteroatoms. The number of aromatic amines is 1. The van der Waals surface area contributed by atoms with Crippen LogP contribution >= 0.6 is 0 Å². The molecule has 116 valence electrons. The number of benzene rings is 1. The van der Waals surface area contributed by atoms with E-state index in [4.69, 9.17) is 4.74 Å². The highest BCUT2D eigenvalue weighted by Crippen LogP contribution is 2.19. The first-order valence-electron chi connectivity index (χ1n) is 7.35. The summed E-state index contributed by atoms with van der Waals surface area (Å²) in [5.41, 5.74) is 1.57. The van der Waals surface area contributed by atoms with Crippen LogP contribution in [0.2, 0.25) is 0 Å². The zero-order chi connectivity index (χ0) is 15.4. The van der Waals surface area contributed by atoms with Crippen molar-refractivity contribution in [3.8, 4) is 11.4 Å². The Morgan fingerprint density at radius 3 is 2.91 bits per heavy atom. The largest absolute Gasteiger partial charge is 0.381 e. The molecule has 22 heavy (non-hydrogen) atoms. The molecule has 1 fully saturated rings. The molecular weight excluding hydrogens is 282 g/mol. The van der Waals surface area contributed by atoms with E-state index in [0.717, 1.165) is 24.2 Å². The van der Waals surface area contributed by atoms with Gasteiger partial charge in [0, 0.05) is 30.5 Å². The highest BCUT2D eigenvalue weighted by Gasteiger charge is 2.16. The van der Waals surface area contributed by atoms with Gasteiger partial charge < -0.3 is 15.4 Å². The van der Waals surface area contributed by atoms with Gasteiger partial charge in [0.2, 0.25) is 0 Å². The first-order valence-corrected chi connectivity index (χ1v) is 7.35. The molecule has 0 saturated carbocycles. The maximum absolute atomic E-state index is 12.0. The lowest BCUT2D eigenvalue weighted by atomic mass is 10.1. The fourth-order valence-corrected chi connectivity index (χ4v) is 2.40. The van der Waals surface area contributed by atoms with E-state index in [9.17, 15) is 4.79 Å². The Bertz CT molecular complexity index is 649. The fourth-order valence-electron chi connectivity index (χ4n) is 2.40. The highest BCUT2D eigenvalue weighted by atomic mass is 16.5. The molecule has 7 nitrogen and oxygen atoms in total. The van der Waals surface area contributed by atoms with Crippen LogP contribution in [0.15, 0.2) is 24.3 Å². The van der Waals surface area contributed by atoms with Crippen molar-refractivity contribution < 1.29 is 9.53 Å². The molecule has 1 aromatic heterocycles. The topological polar surface area (TPSA) is 91.9 Å². The van der Waals surface area contributed by atoms with Gasteiger partial charge in [0.25, 0.3) is 0 Å². The first kappa shape index (κ1) is 14.5. The van der Waals surface area contributed by atoms with Crippen molar-refractivity contribution in [1.29, 1.82) is 0 Å². The maximum atomic E-state index is 12.0. The van der Waals surface area contributed by atoms with Crippen LogP contribution in [0.3, 0.4) is 0 Å². The third-order valence-corrected chi connectivity index (χ3v) is 3.53. The SMILES string of the molecule is Cc1nc(-c2cccc(NC(=O)NC3CCOCC3)c2)n[nH]1. The van der Waals surface area contributed by atoms with E-state index < -0.39 is 0 Å². The fraction of sp³-hybridized carbons (Fsp3) is 0.400. The Morgan fingerprint density at radius 2 is 2.18 bits per heavy atom. The zero-order valence-electron chi connectivity index (χ0n) is 12.4. The second-order valence-electron chi connectivity index (χ2n) is 5.31. The molecule has 3 rings (SSSR count). The lowest BCUT2D eigenvalue weighted by Crippen LogP contribution is -2.41.